The first kappa shape index (κ1) is 18.2. The van der Waals surface area contributed by atoms with E-state index in [1.54, 1.807) is 11.0 Å². The Labute approximate surface area is 158 Å². The van der Waals surface area contributed by atoms with Crippen molar-refractivity contribution in [2.75, 3.05) is 11.5 Å². The molecule has 3 heterocycles. The number of allylic oxidation sites excluding steroid dienone is 2. The molecule has 0 saturated carbocycles. The molecule has 8 nitrogen and oxygen atoms in total. The number of nitrogens with one attached hydrogen (secondary N) is 1. The third-order valence-electron chi connectivity index (χ3n) is 4.01. The summed E-state index contributed by atoms with van der Waals surface area (Å²) < 4.78 is 0. The van der Waals surface area contributed by atoms with Crippen molar-refractivity contribution in [2.24, 2.45) is 5.16 Å². The molecule has 1 aromatic rings. The summed E-state index contributed by atoms with van der Waals surface area (Å²) in [5.41, 5.74) is 7.87. The summed E-state index contributed by atoms with van der Waals surface area (Å²) in [6.07, 6.45) is 1.72. The number of aromatic nitrogens is 1. The Kier molecular flexibility index (Phi) is 4.88. The molecular weight excluding hydrogens is 374 g/mol. The fourth-order valence-electron chi connectivity index (χ4n) is 2.86. The van der Waals surface area contributed by atoms with E-state index >= 15 is 0 Å². The predicted octanol–water partition coefficient (Wildman–Crippen LogP) is 1.32. The lowest BCUT2D eigenvalue weighted by molar-refractivity contribution is -0.144. The zero-order valence-electron chi connectivity index (χ0n) is 13.9. The summed E-state index contributed by atoms with van der Waals surface area (Å²) >= 11 is 2.64. The number of anilines is 1. The number of carbonyl (C=O) groups is 2. The normalized spacial score (nSPS) is 22.6. The van der Waals surface area contributed by atoms with Crippen molar-refractivity contribution in [1.82, 2.24) is 15.2 Å². The van der Waals surface area contributed by atoms with Gasteiger partial charge in [0.1, 0.15) is 17.1 Å². The fraction of sp³-hybridized carbons (Fsp3) is 0.250. The number of amides is 2. The quantitative estimate of drug-likeness (QED) is 0.301. The van der Waals surface area contributed by atoms with Gasteiger partial charge in [-0.2, -0.15) is 0 Å². The number of hydrogen-bond acceptors (Lipinski definition) is 8. The van der Waals surface area contributed by atoms with E-state index in [4.69, 9.17) is 10.9 Å². The maximum Gasteiger partial charge on any atom is 0.276 e. The van der Waals surface area contributed by atoms with Crippen molar-refractivity contribution in [3.05, 3.63) is 47.2 Å². The van der Waals surface area contributed by atoms with Crippen LogP contribution in [0.2, 0.25) is 0 Å². The number of β-lactam (4-membered cyclic amide) rings is 1. The van der Waals surface area contributed by atoms with E-state index in [1.807, 2.05) is 6.92 Å². The first-order valence-electron chi connectivity index (χ1n) is 7.59. The van der Waals surface area contributed by atoms with E-state index in [0.717, 1.165) is 28.2 Å². The van der Waals surface area contributed by atoms with Crippen LogP contribution in [0, 0.1) is 0 Å². The Morgan fingerprint density at radius 2 is 2.35 bits per heavy atom. The molecule has 2 aliphatic heterocycles. The van der Waals surface area contributed by atoms with Gasteiger partial charge >= 0.3 is 0 Å². The molecule has 4 N–H and O–H groups in total. The van der Waals surface area contributed by atoms with Crippen molar-refractivity contribution in [3.63, 3.8) is 0 Å². The molecular formula is C16H17N5O3S2. The molecule has 136 valence electrons. The average Bonchev–Trinajstić information content (AvgIpc) is 3.04. The van der Waals surface area contributed by atoms with Gasteiger partial charge in [-0.15, -0.1) is 23.1 Å². The Bertz CT molecular complexity index is 873. The monoisotopic (exact) mass is 391 g/mol. The summed E-state index contributed by atoms with van der Waals surface area (Å²) in [5, 5.41) is 16.3. The van der Waals surface area contributed by atoms with Crippen molar-refractivity contribution in [3.8, 4) is 0 Å². The number of hydrogen-bond donors (Lipinski definition) is 3. The lowest BCUT2D eigenvalue weighted by Gasteiger charge is -2.50. The first-order chi connectivity index (χ1) is 12.4. The minimum Gasteiger partial charge on any atom is -0.410 e. The second-order valence-electron chi connectivity index (χ2n) is 5.74. The second kappa shape index (κ2) is 6.96. The fourth-order valence-corrected chi connectivity index (χ4v) is 4.75. The summed E-state index contributed by atoms with van der Waals surface area (Å²) in [5.74, 6) is -0.273. The summed E-state index contributed by atoms with van der Waals surface area (Å²) in [6, 6.07) is -0.721. The van der Waals surface area contributed by atoms with E-state index in [2.05, 4.69) is 28.6 Å². The maximum atomic E-state index is 12.6. The van der Waals surface area contributed by atoms with Gasteiger partial charge in [0, 0.05) is 11.1 Å². The number of thioether (sulfide) groups is 1. The number of fused-ring (bicyclic) bond motifs is 1. The van der Waals surface area contributed by atoms with E-state index in [-0.39, 0.29) is 27.8 Å². The van der Waals surface area contributed by atoms with Gasteiger partial charge in [-0.3, -0.25) is 14.5 Å². The Hall–Kier alpha value is -2.59. The summed E-state index contributed by atoms with van der Waals surface area (Å²) in [7, 11) is 0. The summed E-state index contributed by atoms with van der Waals surface area (Å²) in [6.45, 7) is 9.54. The molecule has 1 saturated heterocycles. The van der Waals surface area contributed by atoms with Crippen molar-refractivity contribution in [1.29, 1.82) is 0 Å². The molecule has 2 atom stereocenters. The third-order valence-corrected chi connectivity index (χ3v) is 5.99. The van der Waals surface area contributed by atoms with Crippen LogP contribution >= 0.6 is 23.1 Å². The molecule has 1 aromatic heterocycles. The molecule has 2 amide bonds. The van der Waals surface area contributed by atoms with Gasteiger partial charge < -0.3 is 16.3 Å². The largest absolute Gasteiger partial charge is 0.410 e. The maximum absolute atomic E-state index is 12.6. The highest BCUT2D eigenvalue weighted by Crippen LogP contribution is 2.42. The van der Waals surface area contributed by atoms with Gasteiger partial charge in [0.2, 0.25) is 0 Å². The van der Waals surface area contributed by atoms with Crippen LogP contribution in [-0.4, -0.2) is 49.8 Å². The van der Waals surface area contributed by atoms with Gasteiger partial charge in [0.05, 0.1) is 5.70 Å². The smallest absolute Gasteiger partial charge is 0.276 e. The number of nitrogen functional groups attached to an aromatic ring is 1. The van der Waals surface area contributed by atoms with Crippen molar-refractivity contribution < 1.29 is 14.8 Å². The predicted molar refractivity (Wildman–Crippen MR) is 102 cm³/mol. The van der Waals surface area contributed by atoms with Gasteiger partial charge in [0.25, 0.3) is 11.8 Å². The molecule has 1 fully saturated rings. The molecule has 0 bridgehead atoms. The molecule has 0 aromatic carbocycles. The standard InChI is InChI=1S/C16H17N5O3S2/c1-4-8-5-25-15-11(14(23)21(15)12(8)7(2)3)19-13(22)10(20-24)9-6-26-16(17)18-9/h4,6,11,15,24H,1-2,5H2,3H3,(H2,17,18)(H,19,22)/b20-10-. The van der Waals surface area contributed by atoms with Crippen molar-refractivity contribution >= 4 is 45.8 Å². The van der Waals surface area contributed by atoms with E-state index in [0.29, 0.717) is 5.75 Å². The van der Waals surface area contributed by atoms with Crippen LogP contribution in [0.1, 0.15) is 12.6 Å². The van der Waals surface area contributed by atoms with Crippen LogP contribution in [0.4, 0.5) is 5.13 Å². The molecule has 26 heavy (non-hydrogen) atoms. The second-order valence-corrected chi connectivity index (χ2v) is 7.73. The highest BCUT2D eigenvalue weighted by molar-refractivity contribution is 8.00. The molecule has 3 rings (SSSR count). The van der Waals surface area contributed by atoms with Crippen LogP contribution in [0.15, 0.2) is 46.6 Å². The molecule has 0 radical (unpaired) electrons. The third kappa shape index (κ3) is 2.90. The molecule has 2 aliphatic rings. The van der Waals surface area contributed by atoms with Crippen LogP contribution in [0.3, 0.4) is 0 Å². The van der Waals surface area contributed by atoms with Gasteiger partial charge in [-0.05, 0) is 18.1 Å². The average molecular weight is 391 g/mol. The van der Waals surface area contributed by atoms with Gasteiger partial charge in [0.15, 0.2) is 10.8 Å². The van der Waals surface area contributed by atoms with Gasteiger partial charge in [-0.1, -0.05) is 24.4 Å². The highest BCUT2D eigenvalue weighted by Gasteiger charge is 2.52. The van der Waals surface area contributed by atoms with E-state index < -0.39 is 11.9 Å². The van der Waals surface area contributed by atoms with Crippen molar-refractivity contribution in [2.45, 2.75) is 18.3 Å². The van der Waals surface area contributed by atoms with Gasteiger partial charge in [-0.25, -0.2) is 4.98 Å². The minimum atomic E-state index is -0.721. The number of nitrogens with two attached hydrogens (primary N) is 1. The Balaban J connectivity index is 1.78. The van der Waals surface area contributed by atoms with Crippen LogP contribution < -0.4 is 11.1 Å². The number of nitrogens with zero attached hydrogens (tertiary/aromatic N) is 3. The molecule has 0 spiro atoms. The first-order valence-corrected chi connectivity index (χ1v) is 9.52. The van der Waals surface area contributed by atoms with Crippen LogP contribution in [0.5, 0.6) is 0 Å². The topological polar surface area (TPSA) is 121 Å². The zero-order chi connectivity index (χ0) is 19.0. The number of carbonyl (C=O) groups excluding carboxylic acids is 2. The molecule has 2 unspecified atom stereocenters. The van der Waals surface area contributed by atoms with E-state index in [9.17, 15) is 9.59 Å². The zero-order valence-corrected chi connectivity index (χ0v) is 15.6. The summed E-state index contributed by atoms with van der Waals surface area (Å²) in [4.78, 5) is 30.6. The highest BCUT2D eigenvalue weighted by atomic mass is 32.2. The SMILES string of the molecule is C=CC1=C(C(=C)C)N2C(=O)C(NC(=O)/C(=N\O)c3csc(N)n3)C2SC1. The van der Waals surface area contributed by atoms with Crippen LogP contribution in [0.25, 0.3) is 0 Å². The Morgan fingerprint density at radius 3 is 2.88 bits per heavy atom. The lowest BCUT2D eigenvalue weighted by Crippen LogP contribution is -2.70. The minimum absolute atomic E-state index is 0.156. The number of rotatable bonds is 5. The molecule has 10 heteroatoms. The Morgan fingerprint density at radius 1 is 1.62 bits per heavy atom. The van der Waals surface area contributed by atoms with Crippen LogP contribution in [-0.2, 0) is 9.59 Å². The lowest BCUT2D eigenvalue weighted by atomic mass is 9.99. The molecule has 0 aliphatic carbocycles. The number of oxime groups is 1. The number of thiazole rings is 1. The van der Waals surface area contributed by atoms with E-state index in [1.165, 1.54) is 17.1 Å².